The van der Waals surface area contributed by atoms with Gasteiger partial charge in [0.2, 0.25) is 0 Å². The summed E-state index contributed by atoms with van der Waals surface area (Å²) in [5.41, 5.74) is 6.35. The van der Waals surface area contributed by atoms with E-state index >= 15 is 0 Å². The van der Waals surface area contributed by atoms with E-state index in [4.69, 9.17) is 18.0 Å². The molecule has 0 spiro atoms. The number of hydrogen-bond acceptors (Lipinski definition) is 4. The molecule has 0 aromatic carbocycles. The van der Waals surface area contributed by atoms with Crippen LogP contribution in [-0.2, 0) is 0 Å². The number of fused-ring (bicyclic) bond motifs is 1. The normalized spacial score (nSPS) is 10.8. The van der Waals surface area contributed by atoms with Gasteiger partial charge in [-0.15, -0.1) is 0 Å². The van der Waals surface area contributed by atoms with Crippen LogP contribution >= 0.6 is 12.2 Å². The predicted octanol–water partition coefficient (Wildman–Crippen LogP) is 0.549. The lowest BCUT2D eigenvalue weighted by Gasteiger charge is -2.05. The Kier molecular flexibility index (Phi) is 2.12. The summed E-state index contributed by atoms with van der Waals surface area (Å²) < 4.78 is 3.43. The monoisotopic (exact) mass is 244 g/mol. The number of thiocarbonyl (C=S) groups is 1. The SMILES string of the molecule is NC(=S)c1nccn1-c1ccn2nccc2n1. The molecule has 3 aromatic heterocycles. The minimum absolute atomic E-state index is 0.241. The highest BCUT2D eigenvalue weighted by molar-refractivity contribution is 7.80. The lowest BCUT2D eigenvalue weighted by molar-refractivity contribution is 0.906. The van der Waals surface area contributed by atoms with Gasteiger partial charge in [0.05, 0.1) is 6.20 Å². The second-order valence-electron chi connectivity index (χ2n) is 3.40. The molecule has 0 bridgehead atoms. The number of aromatic nitrogens is 5. The maximum Gasteiger partial charge on any atom is 0.173 e. The summed E-state index contributed by atoms with van der Waals surface area (Å²) in [7, 11) is 0. The first-order valence-corrected chi connectivity index (χ1v) is 5.30. The van der Waals surface area contributed by atoms with Crippen LogP contribution in [0, 0.1) is 0 Å². The van der Waals surface area contributed by atoms with E-state index in [1.54, 1.807) is 27.7 Å². The topological polar surface area (TPSA) is 74.0 Å². The zero-order chi connectivity index (χ0) is 11.8. The van der Waals surface area contributed by atoms with Gasteiger partial charge < -0.3 is 5.73 Å². The van der Waals surface area contributed by atoms with Crippen molar-refractivity contribution >= 4 is 22.9 Å². The lowest BCUT2D eigenvalue weighted by atomic mass is 10.5. The molecular formula is C10H8N6S. The average Bonchev–Trinajstić information content (AvgIpc) is 2.96. The van der Waals surface area contributed by atoms with E-state index in [1.165, 1.54) is 0 Å². The van der Waals surface area contributed by atoms with Crippen molar-refractivity contribution in [1.82, 2.24) is 24.1 Å². The van der Waals surface area contributed by atoms with E-state index in [0.29, 0.717) is 11.6 Å². The average molecular weight is 244 g/mol. The third-order valence-corrected chi connectivity index (χ3v) is 2.53. The van der Waals surface area contributed by atoms with Gasteiger partial charge in [0.25, 0.3) is 0 Å². The van der Waals surface area contributed by atoms with E-state index in [1.807, 2.05) is 18.3 Å². The summed E-state index contributed by atoms with van der Waals surface area (Å²) in [4.78, 5) is 8.76. The van der Waals surface area contributed by atoms with Crippen molar-refractivity contribution in [2.75, 3.05) is 0 Å². The van der Waals surface area contributed by atoms with Crippen LogP contribution in [0.2, 0.25) is 0 Å². The van der Waals surface area contributed by atoms with E-state index in [-0.39, 0.29) is 4.99 Å². The molecule has 0 aliphatic carbocycles. The van der Waals surface area contributed by atoms with Gasteiger partial charge in [0.1, 0.15) is 10.8 Å². The third kappa shape index (κ3) is 1.56. The molecule has 0 unspecified atom stereocenters. The van der Waals surface area contributed by atoms with Gasteiger partial charge in [-0.25, -0.2) is 14.5 Å². The molecule has 0 radical (unpaired) electrons. The second-order valence-corrected chi connectivity index (χ2v) is 3.84. The molecule has 0 aliphatic rings. The molecule has 0 saturated heterocycles. The molecule has 0 saturated carbocycles. The molecule has 0 atom stereocenters. The minimum atomic E-state index is 0.241. The quantitative estimate of drug-likeness (QED) is 0.666. The first-order valence-electron chi connectivity index (χ1n) is 4.89. The van der Waals surface area contributed by atoms with Crippen LogP contribution in [0.25, 0.3) is 11.5 Å². The fourth-order valence-corrected chi connectivity index (χ4v) is 1.76. The van der Waals surface area contributed by atoms with Crippen LogP contribution in [-0.4, -0.2) is 29.1 Å². The molecule has 3 aromatic rings. The second kappa shape index (κ2) is 3.63. The van der Waals surface area contributed by atoms with Crippen molar-refractivity contribution < 1.29 is 0 Å². The molecule has 3 heterocycles. The molecule has 2 N–H and O–H groups in total. The van der Waals surface area contributed by atoms with Crippen LogP contribution in [0.3, 0.4) is 0 Å². The smallest absolute Gasteiger partial charge is 0.173 e. The highest BCUT2D eigenvalue weighted by Crippen LogP contribution is 2.09. The largest absolute Gasteiger partial charge is 0.387 e. The summed E-state index contributed by atoms with van der Waals surface area (Å²) in [5.74, 6) is 1.23. The molecule has 17 heavy (non-hydrogen) atoms. The van der Waals surface area contributed by atoms with Gasteiger partial charge in [0, 0.05) is 24.7 Å². The zero-order valence-electron chi connectivity index (χ0n) is 8.69. The molecule has 0 aliphatic heterocycles. The van der Waals surface area contributed by atoms with Gasteiger partial charge in [0.15, 0.2) is 11.5 Å². The Morgan fingerprint density at radius 2 is 2.12 bits per heavy atom. The fraction of sp³-hybridized carbons (Fsp3) is 0. The summed E-state index contributed by atoms with van der Waals surface area (Å²) >= 11 is 4.93. The molecule has 3 rings (SSSR count). The first kappa shape index (κ1) is 9.91. The van der Waals surface area contributed by atoms with Crippen LogP contribution < -0.4 is 5.73 Å². The molecule has 0 amide bonds. The van der Waals surface area contributed by atoms with Crippen LogP contribution in [0.1, 0.15) is 5.82 Å². The highest BCUT2D eigenvalue weighted by atomic mass is 32.1. The van der Waals surface area contributed by atoms with E-state index < -0.39 is 0 Å². The Morgan fingerprint density at radius 1 is 1.24 bits per heavy atom. The Morgan fingerprint density at radius 3 is 2.94 bits per heavy atom. The number of rotatable bonds is 2. The van der Waals surface area contributed by atoms with Gasteiger partial charge in [-0.3, -0.25) is 4.57 Å². The van der Waals surface area contributed by atoms with Crippen LogP contribution in [0.5, 0.6) is 0 Å². The van der Waals surface area contributed by atoms with Gasteiger partial charge >= 0.3 is 0 Å². The van der Waals surface area contributed by atoms with Crippen molar-refractivity contribution in [3.63, 3.8) is 0 Å². The Hall–Kier alpha value is -2.28. The van der Waals surface area contributed by atoms with Gasteiger partial charge in [-0.1, -0.05) is 12.2 Å². The Balaban J connectivity index is 2.19. The first-order chi connectivity index (χ1) is 8.25. The number of hydrogen-bond donors (Lipinski definition) is 1. The van der Waals surface area contributed by atoms with Crippen molar-refractivity contribution in [2.45, 2.75) is 0 Å². The maximum absolute atomic E-state index is 5.59. The van der Waals surface area contributed by atoms with Crippen molar-refractivity contribution in [3.05, 3.63) is 42.7 Å². The summed E-state index contributed by atoms with van der Waals surface area (Å²) in [6.07, 6.45) is 6.91. The van der Waals surface area contributed by atoms with Gasteiger partial charge in [-0.2, -0.15) is 5.10 Å². The molecule has 84 valence electrons. The summed E-state index contributed by atoms with van der Waals surface area (Å²) in [6, 6.07) is 3.64. The molecular weight excluding hydrogens is 236 g/mol. The summed E-state index contributed by atoms with van der Waals surface area (Å²) in [6.45, 7) is 0. The highest BCUT2D eigenvalue weighted by Gasteiger charge is 2.08. The van der Waals surface area contributed by atoms with Gasteiger partial charge in [-0.05, 0) is 6.07 Å². The van der Waals surface area contributed by atoms with Crippen LogP contribution in [0.4, 0.5) is 0 Å². The zero-order valence-corrected chi connectivity index (χ0v) is 9.50. The minimum Gasteiger partial charge on any atom is -0.387 e. The standard InChI is InChI=1S/C10H8N6S/c11-9(17)10-12-4-6-15(10)7-2-5-16-8(14-7)1-3-13-16/h1-6H,(H2,11,17). The van der Waals surface area contributed by atoms with Crippen molar-refractivity contribution in [3.8, 4) is 5.82 Å². The molecule has 7 heteroatoms. The lowest BCUT2D eigenvalue weighted by Crippen LogP contribution is -2.16. The molecule has 0 fully saturated rings. The van der Waals surface area contributed by atoms with Crippen LogP contribution in [0.15, 0.2) is 36.9 Å². The van der Waals surface area contributed by atoms with E-state index in [9.17, 15) is 0 Å². The van der Waals surface area contributed by atoms with E-state index in [0.717, 1.165) is 5.65 Å². The Bertz CT molecular complexity index is 697. The predicted molar refractivity (Wildman–Crippen MR) is 66.0 cm³/mol. The number of imidazole rings is 1. The Labute approximate surface area is 102 Å². The van der Waals surface area contributed by atoms with E-state index in [2.05, 4.69) is 15.1 Å². The maximum atomic E-state index is 5.59. The number of nitrogens with zero attached hydrogens (tertiary/aromatic N) is 5. The summed E-state index contributed by atoms with van der Waals surface area (Å²) in [5, 5.41) is 4.08. The number of nitrogens with two attached hydrogens (primary N) is 1. The van der Waals surface area contributed by atoms with Crippen molar-refractivity contribution in [2.24, 2.45) is 5.73 Å². The molecule has 6 nitrogen and oxygen atoms in total. The fourth-order valence-electron chi connectivity index (χ4n) is 1.61. The van der Waals surface area contributed by atoms with Crippen molar-refractivity contribution in [1.29, 1.82) is 0 Å². The third-order valence-electron chi connectivity index (χ3n) is 2.35.